The Labute approximate surface area is 101 Å². The topological polar surface area (TPSA) is 75.6 Å². The van der Waals surface area contributed by atoms with Crippen molar-refractivity contribution < 1.29 is 19.4 Å². The van der Waals surface area contributed by atoms with Crippen LogP contribution in [0.15, 0.2) is 0 Å². The van der Waals surface area contributed by atoms with Gasteiger partial charge in [-0.15, -0.1) is 0 Å². The third kappa shape index (κ3) is 1.56. The second-order valence-electron chi connectivity index (χ2n) is 5.15. The first-order chi connectivity index (χ1) is 8.09. The van der Waals surface area contributed by atoms with E-state index in [0.29, 0.717) is 6.54 Å². The summed E-state index contributed by atoms with van der Waals surface area (Å²) in [5.74, 6) is -1.65. The second kappa shape index (κ2) is 4.29. The van der Waals surface area contributed by atoms with E-state index in [1.807, 2.05) is 0 Å². The van der Waals surface area contributed by atoms with Gasteiger partial charge in [-0.3, -0.25) is 9.59 Å². The van der Waals surface area contributed by atoms with E-state index in [-0.39, 0.29) is 6.54 Å². The maximum absolute atomic E-state index is 12.0. The minimum absolute atomic E-state index is 0.189. The fraction of sp³-hybridized carbons (Fsp3) is 0.833. The van der Waals surface area contributed by atoms with Crippen molar-refractivity contribution >= 4 is 11.9 Å². The minimum Gasteiger partial charge on any atom is -0.480 e. The Morgan fingerprint density at radius 3 is 2.35 bits per heavy atom. The van der Waals surface area contributed by atoms with Crippen LogP contribution in [0.4, 0.5) is 0 Å². The molecule has 17 heavy (non-hydrogen) atoms. The van der Waals surface area contributed by atoms with Crippen molar-refractivity contribution in [1.82, 2.24) is 5.32 Å². The number of nitrogens with one attached hydrogen (secondary N) is 1. The molecular formula is C12H19NO4. The summed E-state index contributed by atoms with van der Waals surface area (Å²) in [5.41, 5.74) is -1.84. The molecule has 5 nitrogen and oxygen atoms in total. The Morgan fingerprint density at radius 2 is 1.82 bits per heavy atom. The number of carboxylic acids is 1. The van der Waals surface area contributed by atoms with E-state index in [1.54, 1.807) is 0 Å². The summed E-state index contributed by atoms with van der Waals surface area (Å²) in [6, 6.07) is 0. The van der Waals surface area contributed by atoms with Crippen LogP contribution in [0.1, 0.15) is 32.1 Å². The highest BCUT2D eigenvalue weighted by Gasteiger charge is 2.65. The SMILES string of the molecule is COC(=O)C1(C(=O)O)CNCC12CCCCC2. The van der Waals surface area contributed by atoms with Crippen LogP contribution in [0, 0.1) is 10.8 Å². The summed E-state index contributed by atoms with van der Waals surface area (Å²) in [6.45, 7) is 0.795. The molecule has 1 saturated carbocycles. The van der Waals surface area contributed by atoms with Crippen LogP contribution in [-0.4, -0.2) is 37.2 Å². The molecule has 2 rings (SSSR count). The summed E-state index contributed by atoms with van der Waals surface area (Å²) < 4.78 is 4.77. The first kappa shape index (κ1) is 12.4. The summed E-state index contributed by atoms with van der Waals surface area (Å²) in [7, 11) is 1.27. The van der Waals surface area contributed by atoms with Gasteiger partial charge in [-0.05, 0) is 12.8 Å². The molecule has 2 aliphatic rings. The molecule has 1 aliphatic carbocycles. The predicted molar refractivity (Wildman–Crippen MR) is 60.5 cm³/mol. The molecule has 1 heterocycles. The van der Waals surface area contributed by atoms with Crippen molar-refractivity contribution in [3.8, 4) is 0 Å². The quantitative estimate of drug-likeness (QED) is 0.552. The predicted octanol–water partition coefficient (Wildman–Crippen LogP) is 0.784. The number of esters is 1. The van der Waals surface area contributed by atoms with Gasteiger partial charge in [0.25, 0.3) is 0 Å². The molecule has 1 unspecified atom stereocenters. The number of aliphatic carboxylic acids is 1. The van der Waals surface area contributed by atoms with Crippen LogP contribution in [0.25, 0.3) is 0 Å². The van der Waals surface area contributed by atoms with E-state index in [2.05, 4.69) is 5.32 Å². The van der Waals surface area contributed by atoms with Gasteiger partial charge in [-0.2, -0.15) is 0 Å². The molecule has 1 atom stereocenters. The lowest BCUT2D eigenvalue weighted by Gasteiger charge is -2.42. The van der Waals surface area contributed by atoms with Crippen LogP contribution in [0.5, 0.6) is 0 Å². The van der Waals surface area contributed by atoms with Crippen LogP contribution in [0.3, 0.4) is 0 Å². The molecule has 0 aromatic heterocycles. The smallest absolute Gasteiger partial charge is 0.325 e. The van der Waals surface area contributed by atoms with E-state index in [9.17, 15) is 14.7 Å². The second-order valence-corrected chi connectivity index (χ2v) is 5.15. The fourth-order valence-corrected chi connectivity index (χ4v) is 3.51. The number of carbonyl (C=O) groups is 2. The standard InChI is InChI=1S/C12H19NO4/c1-17-10(16)12(9(14)15)8-13-7-11(12)5-3-2-4-6-11/h13H,2-8H2,1H3,(H,14,15). The molecule has 2 fully saturated rings. The van der Waals surface area contributed by atoms with Crippen LogP contribution in [0.2, 0.25) is 0 Å². The maximum atomic E-state index is 12.0. The Hall–Kier alpha value is -1.10. The van der Waals surface area contributed by atoms with Gasteiger partial charge >= 0.3 is 11.9 Å². The zero-order chi connectivity index (χ0) is 12.5. The average molecular weight is 241 g/mol. The molecular weight excluding hydrogens is 222 g/mol. The molecule has 2 N–H and O–H groups in total. The van der Waals surface area contributed by atoms with Gasteiger partial charge < -0.3 is 15.2 Å². The zero-order valence-corrected chi connectivity index (χ0v) is 10.1. The van der Waals surface area contributed by atoms with Gasteiger partial charge in [0.15, 0.2) is 5.41 Å². The third-order valence-corrected chi connectivity index (χ3v) is 4.47. The molecule has 0 radical (unpaired) electrons. The maximum Gasteiger partial charge on any atom is 0.325 e. The minimum atomic E-state index is -1.39. The Bertz CT molecular complexity index is 335. The number of carbonyl (C=O) groups excluding carboxylic acids is 1. The lowest BCUT2D eigenvalue weighted by molar-refractivity contribution is -0.175. The number of rotatable bonds is 2. The molecule has 1 aliphatic heterocycles. The number of hydrogen-bond acceptors (Lipinski definition) is 4. The Morgan fingerprint density at radius 1 is 1.18 bits per heavy atom. The van der Waals surface area contributed by atoms with Gasteiger partial charge in [-0.25, -0.2) is 0 Å². The molecule has 0 amide bonds. The largest absolute Gasteiger partial charge is 0.480 e. The normalized spacial score (nSPS) is 31.4. The average Bonchev–Trinajstić information content (AvgIpc) is 2.69. The third-order valence-electron chi connectivity index (χ3n) is 4.47. The van der Waals surface area contributed by atoms with Crippen molar-refractivity contribution in [2.45, 2.75) is 32.1 Å². The van der Waals surface area contributed by atoms with Gasteiger partial charge in [-0.1, -0.05) is 19.3 Å². The molecule has 0 bridgehead atoms. The molecule has 96 valence electrons. The van der Waals surface area contributed by atoms with E-state index in [1.165, 1.54) is 7.11 Å². The highest BCUT2D eigenvalue weighted by Crippen LogP contribution is 2.53. The highest BCUT2D eigenvalue weighted by molar-refractivity contribution is 6.01. The van der Waals surface area contributed by atoms with Gasteiger partial charge in [0.2, 0.25) is 0 Å². The van der Waals surface area contributed by atoms with Crippen molar-refractivity contribution in [3.05, 3.63) is 0 Å². The van der Waals surface area contributed by atoms with Gasteiger partial charge in [0.05, 0.1) is 7.11 Å². The molecule has 0 aromatic rings. The zero-order valence-electron chi connectivity index (χ0n) is 10.1. The number of hydrogen-bond donors (Lipinski definition) is 2. The fourth-order valence-electron chi connectivity index (χ4n) is 3.51. The lowest BCUT2D eigenvalue weighted by atomic mass is 9.58. The lowest BCUT2D eigenvalue weighted by Crippen LogP contribution is -2.54. The van der Waals surface area contributed by atoms with Crippen molar-refractivity contribution in [2.24, 2.45) is 10.8 Å². The summed E-state index contributed by atoms with van der Waals surface area (Å²) in [4.78, 5) is 23.7. The van der Waals surface area contributed by atoms with Gasteiger partial charge in [0.1, 0.15) is 0 Å². The van der Waals surface area contributed by atoms with Crippen LogP contribution >= 0.6 is 0 Å². The number of ether oxygens (including phenoxy) is 1. The molecule has 1 spiro atoms. The first-order valence-corrected chi connectivity index (χ1v) is 6.12. The van der Waals surface area contributed by atoms with Crippen LogP contribution < -0.4 is 5.32 Å². The van der Waals surface area contributed by atoms with Crippen molar-refractivity contribution in [1.29, 1.82) is 0 Å². The van der Waals surface area contributed by atoms with E-state index >= 15 is 0 Å². The molecule has 0 aromatic carbocycles. The molecule has 5 heteroatoms. The van der Waals surface area contributed by atoms with Crippen molar-refractivity contribution in [2.75, 3.05) is 20.2 Å². The van der Waals surface area contributed by atoms with E-state index in [4.69, 9.17) is 4.74 Å². The Balaban J connectivity index is 2.42. The number of carboxylic acid groups (broad SMARTS) is 1. The van der Waals surface area contributed by atoms with E-state index in [0.717, 1.165) is 32.1 Å². The van der Waals surface area contributed by atoms with E-state index < -0.39 is 22.8 Å². The first-order valence-electron chi connectivity index (χ1n) is 6.12. The summed E-state index contributed by atoms with van der Waals surface area (Å²) >= 11 is 0. The van der Waals surface area contributed by atoms with Gasteiger partial charge in [0, 0.05) is 18.5 Å². The number of methoxy groups -OCH3 is 1. The highest BCUT2D eigenvalue weighted by atomic mass is 16.5. The molecule has 1 saturated heterocycles. The Kier molecular flexibility index (Phi) is 3.12. The monoisotopic (exact) mass is 241 g/mol. The summed E-state index contributed by atoms with van der Waals surface area (Å²) in [5, 5.41) is 12.6. The van der Waals surface area contributed by atoms with Crippen molar-refractivity contribution in [3.63, 3.8) is 0 Å². The van der Waals surface area contributed by atoms with Crippen LogP contribution in [-0.2, 0) is 14.3 Å². The summed E-state index contributed by atoms with van der Waals surface area (Å²) in [6.07, 6.45) is 4.70.